The van der Waals surface area contributed by atoms with E-state index in [1.54, 1.807) is 7.11 Å². The normalized spacial score (nSPS) is 45.6. The van der Waals surface area contributed by atoms with Gasteiger partial charge in [0, 0.05) is 17.1 Å². The quantitative estimate of drug-likeness (QED) is 0.830. The molecule has 1 aromatic carbocycles. The molecule has 0 aromatic heterocycles. The zero-order valence-electron chi connectivity index (χ0n) is 15.4. The van der Waals surface area contributed by atoms with Crippen molar-refractivity contribution in [2.24, 2.45) is 17.3 Å². The number of ether oxygens (including phenoxy) is 1. The van der Waals surface area contributed by atoms with E-state index in [4.69, 9.17) is 4.74 Å². The monoisotopic (exact) mass is 340 g/mol. The number of carbonyl (C=O) groups is 1. The third kappa shape index (κ3) is 1.42. The first kappa shape index (κ1) is 15.7. The zero-order chi connectivity index (χ0) is 17.4. The number of fused-ring (bicyclic) bond motifs is 3. The van der Waals surface area contributed by atoms with Crippen molar-refractivity contribution < 1.29 is 9.53 Å². The van der Waals surface area contributed by atoms with Crippen molar-refractivity contribution >= 4 is 11.7 Å². The summed E-state index contributed by atoms with van der Waals surface area (Å²) >= 11 is 0. The lowest BCUT2D eigenvalue weighted by molar-refractivity contribution is -0.149. The van der Waals surface area contributed by atoms with Gasteiger partial charge < -0.3 is 15.4 Å². The van der Waals surface area contributed by atoms with E-state index in [2.05, 4.69) is 48.7 Å². The molecule has 134 valence electrons. The predicted octanol–water partition coefficient (Wildman–Crippen LogP) is 3.08. The molecule has 2 spiro atoms. The van der Waals surface area contributed by atoms with Crippen LogP contribution in [0.5, 0.6) is 0 Å². The number of methoxy groups -OCH3 is 1. The highest BCUT2D eigenvalue weighted by atomic mass is 16.5. The molecule has 2 aliphatic carbocycles. The Bertz CT molecular complexity index is 749. The number of anilines is 1. The van der Waals surface area contributed by atoms with Gasteiger partial charge >= 0.3 is 5.97 Å². The van der Waals surface area contributed by atoms with Gasteiger partial charge in [0.05, 0.1) is 18.6 Å². The van der Waals surface area contributed by atoms with Gasteiger partial charge in [-0.15, -0.1) is 0 Å². The maximum atomic E-state index is 12.9. The number of rotatable bonds is 3. The van der Waals surface area contributed by atoms with Crippen LogP contribution in [0, 0.1) is 17.3 Å². The third-order valence-corrected chi connectivity index (χ3v) is 8.30. The molecule has 2 aliphatic heterocycles. The van der Waals surface area contributed by atoms with Crippen LogP contribution in [0.25, 0.3) is 0 Å². The van der Waals surface area contributed by atoms with E-state index in [9.17, 15) is 4.79 Å². The van der Waals surface area contributed by atoms with Gasteiger partial charge in [-0.2, -0.15) is 0 Å². The van der Waals surface area contributed by atoms with Crippen LogP contribution >= 0.6 is 0 Å². The van der Waals surface area contributed by atoms with E-state index >= 15 is 0 Å². The summed E-state index contributed by atoms with van der Waals surface area (Å²) in [4.78, 5) is 12.9. The van der Waals surface area contributed by atoms with Crippen LogP contribution in [-0.2, 0) is 14.9 Å². The van der Waals surface area contributed by atoms with E-state index in [0.29, 0.717) is 12.0 Å². The Morgan fingerprint density at radius 3 is 2.92 bits per heavy atom. The average molecular weight is 340 g/mol. The summed E-state index contributed by atoms with van der Waals surface area (Å²) in [6.07, 6.45) is 4.37. The summed E-state index contributed by atoms with van der Waals surface area (Å²) in [6, 6.07) is 9.18. The standard InChI is InChI=1S/C21H28N2O2/c1-4-9-19-12-15(17(24)25-3)21(13(19)2)20(10-11-22-18(19)20)14-7-5-6-8-16(14)23-21/h5-8,13,15,18,22-23H,4,9-12H2,1-3H3/t13-,15+,18+,19+,20-,21+/m1/s1. The average Bonchev–Trinajstić information content (AvgIpc) is 3.30. The second-order valence-electron chi connectivity index (χ2n) is 8.63. The second-order valence-corrected chi connectivity index (χ2v) is 8.63. The van der Waals surface area contributed by atoms with E-state index in [1.807, 2.05) is 0 Å². The number of carbonyl (C=O) groups excluding carboxylic acids is 1. The number of hydrogen-bond acceptors (Lipinski definition) is 4. The summed E-state index contributed by atoms with van der Waals surface area (Å²) in [7, 11) is 1.54. The topological polar surface area (TPSA) is 50.4 Å². The molecule has 0 amide bonds. The van der Waals surface area contributed by atoms with Crippen LogP contribution in [0.4, 0.5) is 5.69 Å². The van der Waals surface area contributed by atoms with Crippen molar-refractivity contribution in [3.05, 3.63) is 29.8 Å². The Morgan fingerprint density at radius 1 is 1.36 bits per heavy atom. The highest BCUT2D eigenvalue weighted by Gasteiger charge is 2.84. The minimum atomic E-state index is -0.215. The summed E-state index contributed by atoms with van der Waals surface area (Å²) in [6.45, 7) is 5.70. The maximum absolute atomic E-state index is 12.9. The fraction of sp³-hybridized carbons (Fsp3) is 0.667. The molecule has 2 saturated carbocycles. The molecule has 6 atom stereocenters. The van der Waals surface area contributed by atoms with Gasteiger partial charge in [-0.25, -0.2) is 0 Å². The first-order valence-corrected chi connectivity index (χ1v) is 9.77. The molecular formula is C21H28N2O2. The molecule has 1 saturated heterocycles. The van der Waals surface area contributed by atoms with Crippen LogP contribution in [-0.4, -0.2) is 31.2 Å². The first-order chi connectivity index (χ1) is 12.1. The summed E-state index contributed by atoms with van der Waals surface area (Å²) in [5, 5.41) is 7.81. The highest BCUT2D eigenvalue weighted by molar-refractivity contribution is 5.82. The van der Waals surface area contributed by atoms with Gasteiger partial charge in [0.2, 0.25) is 0 Å². The lowest BCUT2D eigenvalue weighted by atomic mass is 9.57. The Hall–Kier alpha value is -1.55. The van der Waals surface area contributed by atoms with Gasteiger partial charge in [-0.3, -0.25) is 4.79 Å². The van der Waals surface area contributed by atoms with Crippen LogP contribution in [0.3, 0.4) is 0 Å². The zero-order valence-corrected chi connectivity index (χ0v) is 15.4. The lowest BCUT2D eigenvalue weighted by Gasteiger charge is -2.48. The predicted molar refractivity (Wildman–Crippen MR) is 97.5 cm³/mol. The van der Waals surface area contributed by atoms with Crippen LogP contribution in [0.2, 0.25) is 0 Å². The largest absolute Gasteiger partial charge is 0.469 e. The molecule has 0 unspecified atom stereocenters. The summed E-state index contributed by atoms with van der Waals surface area (Å²) < 4.78 is 5.31. The van der Waals surface area contributed by atoms with Crippen molar-refractivity contribution in [1.82, 2.24) is 5.32 Å². The fourth-order valence-electron chi connectivity index (χ4n) is 7.77. The molecule has 2 bridgehead atoms. The van der Waals surface area contributed by atoms with Crippen molar-refractivity contribution in [2.45, 2.75) is 56.5 Å². The van der Waals surface area contributed by atoms with Crippen molar-refractivity contribution in [3.8, 4) is 0 Å². The van der Waals surface area contributed by atoms with Crippen LogP contribution in [0.15, 0.2) is 24.3 Å². The van der Waals surface area contributed by atoms with Crippen LogP contribution in [0.1, 0.15) is 45.1 Å². The van der Waals surface area contributed by atoms with Gasteiger partial charge in [-0.05, 0) is 48.8 Å². The Balaban J connectivity index is 1.79. The van der Waals surface area contributed by atoms with Crippen LogP contribution < -0.4 is 10.6 Å². The van der Waals surface area contributed by atoms with E-state index < -0.39 is 0 Å². The molecule has 3 fully saturated rings. The third-order valence-electron chi connectivity index (χ3n) is 8.30. The number of para-hydroxylation sites is 1. The van der Waals surface area contributed by atoms with Gasteiger partial charge in [0.15, 0.2) is 0 Å². The number of benzene rings is 1. The van der Waals surface area contributed by atoms with Crippen molar-refractivity contribution in [1.29, 1.82) is 0 Å². The van der Waals surface area contributed by atoms with Gasteiger partial charge in [0.25, 0.3) is 0 Å². The fourth-order valence-corrected chi connectivity index (χ4v) is 7.77. The maximum Gasteiger partial charge on any atom is 0.311 e. The van der Waals surface area contributed by atoms with E-state index in [-0.39, 0.29) is 28.3 Å². The summed E-state index contributed by atoms with van der Waals surface area (Å²) in [5.74, 6) is 0.340. The summed E-state index contributed by atoms with van der Waals surface area (Å²) in [5.41, 5.74) is 2.61. The highest BCUT2D eigenvalue weighted by Crippen LogP contribution is 2.77. The molecule has 4 nitrogen and oxygen atoms in total. The molecule has 4 aliphatic rings. The van der Waals surface area contributed by atoms with E-state index in [1.165, 1.54) is 17.7 Å². The molecule has 1 aromatic rings. The SMILES string of the molecule is CCC[C@@]12C[C@@H](C(=O)OC)[C@@]3(Nc4ccccc4[C@@]34CCN[C@@H]14)[C@@H]2C. The van der Waals surface area contributed by atoms with Crippen molar-refractivity contribution in [2.75, 3.05) is 19.0 Å². The second kappa shape index (κ2) is 4.79. The smallest absolute Gasteiger partial charge is 0.311 e. The molecule has 2 N–H and O–H groups in total. The Labute approximate surface area is 149 Å². The number of hydrogen-bond donors (Lipinski definition) is 2. The Morgan fingerprint density at radius 2 is 2.16 bits per heavy atom. The number of nitrogens with one attached hydrogen (secondary N) is 2. The molecular weight excluding hydrogens is 312 g/mol. The lowest BCUT2D eigenvalue weighted by Crippen LogP contribution is -2.62. The number of esters is 1. The van der Waals surface area contributed by atoms with E-state index in [0.717, 1.165) is 25.8 Å². The molecule has 2 heterocycles. The molecule has 4 heteroatoms. The molecule has 0 radical (unpaired) electrons. The minimum Gasteiger partial charge on any atom is -0.469 e. The minimum absolute atomic E-state index is 0.00921. The first-order valence-electron chi connectivity index (χ1n) is 9.77. The van der Waals surface area contributed by atoms with Crippen molar-refractivity contribution in [3.63, 3.8) is 0 Å². The van der Waals surface area contributed by atoms with Gasteiger partial charge in [-0.1, -0.05) is 38.5 Å². The van der Waals surface area contributed by atoms with Gasteiger partial charge in [0.1, 0.15) is 0 Å². The Kier molecular flexibility index (Phi) is 3.00. The molecule has 5 rings (SSSR count). The molecule has 25 heavy (non-hydrogen) atoms.